The van der Waals surface area contributed by atoms with Crippen molar-refractivity contribution < 1.29 is 33.7 Å². The van der Waals surface area contributed by atoms with Gasteiger partial charge in [0, 0.05) is 30.8 Å². The number of fused-ring (bicyclic) bond motifs is 3. The van der Waals surface area contributed by atoms with Crippen molar-refractivity contribution in [1.82, 2.24) is 0 Å². The highest BCUT2D eigenvalue weighted by Gasteiger charge is 2.67. The van der Waals surface area contributed by atoms with Gasteiger partial charge in [-0.2, -0.15) is 0 Å². The molecule has 3 rings (SSSR count). The van der Waals surface area contributed by atoms with Crippen molar-refractivity contribution in [2.24, 2.45) is 17.8 Å². The van der Waals surface area contributed by atoms with Gasteiger partial charge in [0.1, 0.15) is 12.2 Å². The zero-order valence-electron chi connectivity index (χ0n) is 17.9. The molecule has 1 N–H and O–H groups in total. The molecule has 7 nitrogen and oxygen atoms in total. The SMILES string of the molecule is C/C=C(\C)C(=O)O[C@H]1C[C@](C)(O)[C@H]2CC=C(C)[C@H]2[C@@H]2OC(=O)[C@@](C)(OC(C)=O)[C@@H]21. The number of carbonyl (C=O) groups excluding carboxylic acids is 3. The van der Waals surface area contributed by atoms with Gasteiger partial charge in [0.25, 0.3) is 0 Å². The predicted octanol–water partition coefficient (Wildman–Crippen LogP) is 2.46. The molecule has 1 heterocycles. The Balaban J connectivity index is 2.10. The first-order chi connectivity index (χ1) is 13.4. The molecule has 0 spiro atoms. The van der Waals surface area contributed by atoms with Gasteiger partial charge in [0.2, 0.25) is 5.60 Å². The maximum atomic E-state index is 12.9. The van der Waals surface area contributed by atoms with E-state index in [-0.39, 0.29) is 18.3 Å². The molecule has 0 aromatic carbocycles. The van der Waals surface area contributed by atoms with E-state index in [9.17, 15) is 19.5 Å². The molecule has 1 saturated heterocycles. The molecular weight excluding hydrogens is 376 g/mol. The molecule has 1 saturated carbocycles. The Morgan fingerprint density at radius 1 is 1.31 bits per heavy atom. The summed E-state index contributed by atoms with van der Waals surface area (Å²) in [6.07, 6.45) is 2.93. The van der Waals surface area contributed by atoms with Crippen LogP contribution in [0.25, 0.3) is 0 Å². The molecule has 0 bridgehead atoms. The minimum absolute atomic E-state index is 0.118. The number of aliphatic hydroxyl groups is 1. The lowest BCUT2D eigenvalue weighted by Crippen LogP contribution is -2.50. The van der Waals surface area contributed by atoms with E-state index < -0.39 is 47.2 Å². The zero-order valence-corrected chi connectivity index (χ0v) is 17.9. The second kappa shape index (κ2) is 7.27. The Labute approximate surface area is 171 Å². The fraction of sp³-hybridized carbons (Fsp3) is 0.682. The van der Waals surface area contributed by atoms with Crippen LogP contribution in [0.1, 0.15) is 54.4 Å². The van der Waals surface area contributed by atoms with E-state index in [1.807, 2.05) is 13.0 Å². The minimum Gasteiger partial charge on any atom is -0.458 e. The van der Waals surface area contributed by atoms with Crippen molar-refractivity contribution in [3.63, 3.8) is 0 Å². The summed E-state index contributed by atoms with van der Waals surface area (Å²) in [6, 6.07) is 0. The van der Waals surface area contributed by atoms with Crippen molar-refractivity contribution in [1.29, 1.82) is 0 Å². The lowest BCUT2D eigenvalue weighted by molar-refractivity contribution is -0.179. The molecular formula is C22H30O7. The summed E-state index contributed by atoms with van der Waals surface area (Å²) < 4.78 is 17.0. The number of allylic oxidation sites excluding steroid dienone is 2. The summed E-state index contributed by atoms with van der Waals surface area (Å²) in [5.74, 6) is -2.94. The van der Waals surface area contributed by atoms with Crippen LogP contribution in [0.5, 0.6) is 0 Å². The number of hydrogen-bond donors (Lipinski definition) is 1. The second-order valence-electron chi connectivity index (χ2n) is 8.89. The minimum atomic E-state index is -1.60. The van der Waals surface area contributed by atoms with Gasteiger partial charge in [0.05, 0.1) is 11.5 Å². The fourth-order valence-electron chi connectivity index (χ4n) is 5.23. The van der Waals surface area contributed by atoms with Crippen LogP contribution in [0.4, 0.5) is 0 Å². The normalized spacial score (nSPS) is 41.6. The Kier molecular flexibility index (Phi) is 5.41. The third-order valence-corrected chi connectivity index (χ3v) is 6.83. The maximum absolute atomic E-state index is 12.9. The number of ether oxygens (including phenoxy) is 3. The Morgan fingerprint density at radius 2 is 1.97 bits per heavy atom. The fourth-order valence-corrected chi connectivity index (χ4v) is 5.23. The van der Waals surface area contributed by atoms with Crippen LogP contribution in [0, 0.1) is 17.8 Å². The van der Waals surface area contributed by atoms with Crippen molar-refractivity contribution in [2.75, 3.05) is 0 Å². The Bertz CT molecular complexity index is 793. The summed E-state index contributed by atoms with van der Waals surface area (Å²) in [7, 11) is 0. The van der Waals surface area contributed by atoms with E-state index in [0.29, 0.717) is 12.0 Å². The predicted molar refractivity (Wildman–Crippen MR) is 103 cm³/mol. The maximum Gasteiger partial charge on any atom is 0.351 e. The zero-order chi connectivity index (χ0) is 21.7. The van der Waals surface area contributed by atoms with Crippen LogP contribution >= 0.6 is 0 Å². The van der Waals surface area contributed by atoms with Crippen LogP contribution in [-0.4, -0.2) is 46.4 Å². The molecule has 3 aliphatic rings. The van der Waals surface area contributed by atoms with E-state index >= 15 is 0 Å². The van der Waals surface area contributed by atoms with Gasteiger partial charge < -0.3 is 19.3 Å². The van der Waals surface area contributed by atoms with Crippen LogP contribution in [0.2, 0.25) is 0 Å². The molecule has 160 valence electrons. The number of carbonyl (C=O) groups is 3. The van der Waals surface area contributed by atoms with Gasteiger partial charge in [-0.05, 0) is 41.0 Å². The smallest absolute Gasteiger partial charge is 0.351 e. The van der Waals surface area contributed by atoms with Crippen molar-refractivity contribution >= 4 is 17.9 Å². The topological polar surface area (TPSA) is 99.1 Å². The molecule has 0 aromatic heterocycles. The summed E-state index contributed by atoms with van der Waals surface area (Å²) in [4.78, 5) is 37.2. The average molecular weight is 406 g/mol. The van der Waals surface area contributed by atoms with E-state index in [2.05, 4.69) is 0 Å². The number of hydrogen-bond acceptors (Lipinski definition) is 7. The van der Waals surface area contributed by atoms with Gasteiger partial charge in [0.15, 0.2) is 0 Å². The highest BCUT2D eigenvalue weighted by atomic mass is 16.6. The Hall–Kier alpha value is -2.15. The molecule has 7 heteroatoms. The Morgan fingerprint density at radius 3 is 2.55 bits per heavy atom. The third kappa shape index (κ3) is 3.50. The highest BCUT2D eigenvalue weighted by molar-refractivity contribution is 5.88. The van der Waals surface area contributed by atoms with Gasteiger partial charge in [-0.1, -0.05) is 17.7 Å². The highest BCUT2D eigenvalue weighted by Crippen LogP contribution is 2.54. The largest absolute Gasteiger partial charge is 0.458 e. The van der Waals surface area contributed by atoms with E-state index in [1.165, 1.54) is 13.8 Å². The summed E-state index contributed by atoms with van der Waals surface area (Å²) in [6.45, 7) is 9.78. The lowest BCUT2D eigenvalue weighted by Gasteiger charge is -2.35. The van der Waals surface area contributed by atoms with Crippen LogP contribution in [0.3, 0.4) is 0 Å². The van der Waals surface area contributed by atoms with Gasteiger partial charge in [-0.15, -0.1) is 0 Å². The molecule has 1 aliphatic heterocycles. The van der Waals surface area contributed by atoms with Crippen LogP contribution in [0.15, 0.2) is 23.3 Å². The molecule has 2 aliphatic carbocycles. The average Bonchev–Trinajstić information content (AvgIpc) is 3.08. The standard InChI is InChI=1S/C22H30O7/c1-7-11(2)19(24)27-15-10-21(5,26)14-9-8-12(3)16(14)18-17(15)22(6,20(25)28-18)29-13(4)23/h7-8,14-18,26H,9-10H2,1-6H3/b11-7+/t14-,15-,16+,17+,18-,21-,22-/m0/s1. The van der Waals surface area contributed by atoms with Crippen molar-refractivity contribution in [3.05, 3.63) is 23.3 Å². The lowest BCUT2D eigenvalue weighted by atomic mass is 9.75. The molecule has 2 fully saturated rings. The molecule has 7 atom stereocenters. The van der Waals surface area contributed by atoms with Crippen LogP contribution in [-0.2, 0) is 28.6 Å². The molecule has 0 radical (unpaired) electrons. The van der Waals surface area contributed by atoms with E-state index in [4.69, 9.17) is 14.2 Å². The third-order valence-electron chi connectivity index (χ3n) is 6.83. The molecule has 0 aromatic rings. The van der Waals surface area contributed by atoms with Gasteiger partial charge in [-0.3, -0.25) is 4.79 Å². The first kappa shape index (κ1) is 21.6. The summed E-state index contributed by atoms with van der Waals surface area (Å²) in [5, 5.41) is 11.3. The monoisotopic (exact) mass is 406 g/mol. The van der Waals surface area contributed by atoms with Crippen molar-refractivity contribution in [2.45, 2.75) is 77.8 Å². The summed E-state index contributed by atoms with van der Waals surface area (Å²) in [5.41, 5.74) is -1.32. The first-order valence-corrected chi connectivity index (χ1v) is 10.1. The second-order valence-corrected chi connectivity index (χ2v) is 8.89. The molecule has 29 heavy (non-hydrogen) atoms. The quantitative estimate of drug-likeness (QED) is 0.333. The van der Waals surface area contributed by atoms with Crippen LogP contribution < -0.4 is 0 Å². The van der Waals surface area contributed by atoms with Crippen molar-refractivity contribution in [3.8, 4) is 0 Å². The molecule has 0 unspecified atom stereocenters. The number of rotatable bonds is 3. The molecule has 0 amide bonds. The summed E-state index contributed by atoms with van der Waals surface area (Å²) >= 11 is 0. The van der Waals surface area contributed by atoms with Gasteiger partial charge >= 0.3 is 17.9 Å². The van der Waals surface area contributed by atoms with E-state index in [1.54, 1.807) is 26.8 Å². The number of esters is 3. The van der Waals surface area contributed by atoms with Gasteiger partial charge in [-0.25, -0.2) is 9.59 Å². The first-order valence-electron chi connectivity index (χ1n) is 10.1. The van der Waals surface area contributed by atoms with E-state index in [0.717, 1.165) is 5.57 Å².